The second kappa shape index (κ2) is 7.04. The Kier molecular flexibility index (Phi) is 5.37. The van der Waals surface area contributed by atoms with Crippen molar-refractivity contribution in [3.63, 3.8) is 0 Å². The second-order valence-corrected chi connectivity index (χ2v) is 5.88. The van der Waals surface area contributed by atoms with Crippen molar-refractivity contribution < 1.29 is 4.39 Å². The molecule has 1 atom stereocenters. The van der Waals surface area contributed by atoms with E-state index in [4.69, 9.17) is 11.6 Å². The van der Waals surface area contributed by atoms with Crippen molar-refractivity contribution in [3.8, 4) is 0 Å². The quantitative estimate of drug-likeness (QED) is 0.806. The van der Waals surface area contributed by atoms with Crippen LogP contribution in [0, 0.1) is 5.82 Å². The number of rotatable bonds is 6. The summed E-state index contributed by atoms with van der Waals surface area (Å²) in [6.45, 7) is 3.05. The van der Waals surface area contributed by atoms with Gasteiger partial charge in [0, 0.05) is 15.9 Å². The standard InChI is InChI=1S/C15H17ClFNS/c1-2-7-18-14(15-4-3-8-19-15)9-11-5-6-12(16)10-13(11)17/h3-6,8,10,14,18H,2,7,9H2,1H3. The highest BCUT2D eigenvalue weighted by Gasteiger charge is 2.15. The van der Waals surface area contributed by atoms with Gasteiger partial charge in [-0.15, -0.1) is 11.3 Å². The highest BCUT2D eigenvalue weighted by Crippen LogP contribution is 2.25. The van der Waals surface area contributed by atoms with E-state index in [9.17, 15) is 4.39 Å². The van der Waals surface area contributed by atoms with Gasteiger partial charge in [0.2, 0.25) is 0 Å². The molecule has 0 radical (unpaired) electrons. The van der Waals surface area contributed by atoms with Crippen LogP contribution >= 0.6 is 22.9 Å². The lowest BCUT2D eigenvalue weighted by molar-refractivity contribution is 0.519. The third kappa shape index (κ3) is 4.03. The van der Waals surface area contributed by atoms with Crippen molar-refractivity contribution in [2.45, 2.75) is 25.8 Å². The summed E-state index contributed by atoms with van der Waals surface area (Å²) in [6.07, 6.45) is 1.70. The predicted octanol–water partition coefficient (Wildman–Crippen LogP) is 4.82. The van der Waals surface area contributed by atoms with Crippen LogP contribution in [-0.2, 0) is 6.42 Å². The average molecular weight is 298 g/mol. The zero-order chi connectivity index (χ0) is 13.7. The molecule has 1 nitrogen and oxygen atoms in total. The van der Waals surface area contributed by atoms with E-state index < -0.39 is 0 Å². The fourth-order valence-corrected chi connectivity index (χ4v) is 2.95. The maximum atomic E-state index is 13.9. The molecule has 0 saturated carbocycles. The molecule has 2 rings (SSSR count). The van der Waals surface area contributed by atoms with E-state index in [0.29, 0.717) is 17.0 Å². The third-order valence-electron chi connectivity index (χ3n) is 2.97. The van der Waals surface area contributed by atoms with Crippen LogP contribution in [0.3, 0.4) is 0 Å². The first-order valence-electron chi connectivity index (χ1n) is 6.41. The Morgan fingerprint density at radius 2 is 2.21 bits per heavy atom. The molecule has 1 unspecified atom stereocenters. The van der Waals surface area contributed by atoms with E-state index >= 15 is 0 Å². The smallest absolute Gasteiger partial charge is 0.127 e. The number of nitrogens with one attached hydrogen (secondary N) is 1. The fourth-order valence-electron chi connectivity index (χ4n) is 1.99. The summed E-state index contributed by atoms with van der Waals surface area (Å²) in [6, 6.07) is 9.17. The predicted molar refractivity (Wildman–Crippen MR) is 80.5 cm³/mol. The van der Waals surface area contributed by atoms with Crippen molar-refractivity contribution >= 4 is 22.9 Å². The monoisotopic (exact) mass is 297 g/mol. The lowest BCUT2D eigenvalue weighted by atomic mass is 10.0. The molecule has 0 bridgehead atoms. The zero-order valence-corrected chi connectivity index (χ0v) is 12.4. The molecule has 1 aromatic heterocycles. The molecule has 0 spiro atoms. The van der Waals surface area contributed by atoms with Gasteiger partial charge in [0.05, 0.1) is 0 Å². The molecule has 2 aromatic rings. The van der Waals surface area contributed by atoms with Crippen molar-refractivity contribution in [2.24, 2.45) is 0 Å². The van der Waals surface area contributed by atoms with Crippen LogP contribution < -0.4 is 5.32 Å². The van der Waals surface area contributed by atoms with E-state index in [2.05, 4.69) is 18.3 Å². The maximum Gasteiger partial charge on any atom is 0.127 e. The summed E-state index contributed by atoms with van der Waals surface area (Å²) in [5.74, 6) is -0.229. The highest BCUT2D eigenvalue weighted by atomic mass is 35.5. The van der Waals surface area contributed by atoms with Crippen LogP contribution in [0.25, 0.3) is 0 Å². The van der Waals surface area contributed by atoms with Crippen molar-refractivity contribution in [1.29, 1.82) is 0 Å². The molecule has 0 aliphatic carbocycles. The molecule has 4 heteroatoms. The number of hydrogen-bond donors (Lipinski definition) is 1. The van der Waals surface area contributed by atoms with Crippen LogP contribution in [-0.4, -0.2) is 6.54 Å². The van der Waals surface area contributed by atoms with Gasteiger partial charge in [0.25, 0.3) is 0 Å². The van der Waals surface area contributed by atoms with E-state index in [0.717, 1.165) is 13.0 Å². The first-order chi connectivity index (χ1) is 9.20. The van der Waals surface area contributed by atoms with Gasteiger partial charge < -0.3 is 5.32 Å². The maximum absolute atomic E-state index is 13.9. The van der Waals surface area contributed by atoms with Crippen LogP contribution in [0.1, 0.15) is 29.8 Å². The summed E-state index contributed by atoms with van der Waals surface area (Å²) in [7, 11) is 0. The van der Waals surface area contributed by atoms with Gasteiger partial charge in [-0.3, -0.25) is 0 Å². The molecule has 102 valence electrons. The minimum absolute atomic E-state index is 0.163. The SMILES string of the molecule is CCCNC(Cc1ccc(Cl)cc1F)c1cccs1. The van der Waals surface area contributed by atoms with Crippen molar-refractivity contribution in [3.05, 3.63) is 57.0 Å². The van der Waals surface area contributed by atoms with Gasteiger partial charge in [-0.1, -0.05) is 30.7 Å². The van der Waals surface area contributed by atoms with Gasteiger partial charge in [-0.25, -0.2) is 4.39 Å². The molecule has 0 saturated heterocycles. The van der Waals surface area contributed by atoms with E-state index in [1.165, 1.54) is 10.9 Å². The molecular formula is C15H17ClFNS. The van der Waals surface area contributed by atoms with Gasteiger partial charge in [-0.05, 0) is 48.5 Å². The Morgan fingerprint density at radius 1 is 1.37 bits per heavy atom. The first kappa shape index (κ1) is 14.5. The Balaban J connectivity index is 2.15. The zero-order valence-electron chi connectivity index (χ0n) is 10.8. The van der Waals surface area contributed by atoms with Gasteiger partial charge in [0.15, 0.2) is 0 Å². The molecule has 0 fully saturated rings. The average Bonchev–Trinajstić information content (AvgIpc) is 2.90. The van der Waals surface area contributed by atoms with E-state index in [-0.39, 0.29) is 11.9 Å². The number of benzene rings is 1. The number of halogens is 2. The third-order valence-corrected chi connectivity index (χ3v) is 4.19. The molecule has 19 heavy (non-hydrogen) atoms. The number of hydrogen-bond acceptors (Lipinski definition) is 2. The minimum Gasteiger partial charge on any atom is -0.309 e. The Morgan fingerprint density at radius 3 is 2.84 bits per heavy atom. The molecule has 0 amide bonds. The molecule has 0 aliphatic heterocycles. The molecule has 1 aromatic carbocycles. The summed E-state index contributed by atoms with van der Waals surface area (Å²) in [5.41, 5.74) is 0.700. The van der Waals surface area contributed by atoms with E-state index in [1.807, 2.05) is 11.4 Å². The molecular weight excluding hydrogens is 281 g/mol. The van der Waals surface area contributed by atoms with Crippen molar-refractivity contribution in [1.82, 2.24) is 5.32 Å². The van der Waals surface area contributed by atoms with Crippen molar-refractivity contribution in [2.75, 3.05) is 6.54 Å². The Labute approximate surface area is 122 Å². The minimum atomic E-state index is -0.229. The van der Waals surface area contributed by atoms with Gasteiger partial charge in [-0.2, -0.15) is 0 Å². The second-order valence-electron chi connectivity index (χ2n) is 4.46. The Hall–Kier alpha value is -0.900. The van der Waals surface area contributed by atoms with E-state index in [1.54, 1.807) is 23.5 Å². The summed E-state index contributed by atoms with van der Waals surface area (Å²) < 4.78 is 13.9. The molecule has 0 aliphatic rings. The fraction of sp³-hybridized carbons (Fsp3) is 0.333. The largest absolute Gasteiger partial charge is 0.309 e. The highest BCUT2D eigenvalue weighted by molar-refractivity contribution is 7.10. The molecule has 1 N–H and O–H groups in total. The molecule has 1 heterocycles. The first-order valence-corrected chi connectivity index (χ1v) is 7.67. The van der Waals surface area contributed by atoms with Crippen LogP contribution in [0.15, 0.2) is 35.7 Å². The Bertz CT molecular complexity index is 513. The lowest BCUT2D eigenvalue weighted by Gasteiger charge is -2.17. The normalized spacial score (nSPS) is 12.6. The topological polar surface area (TPSA) is 12.0 Å². The number of thiophene rings is 1. The summed E-state index contributed by atoms with van der Waals surface area (Å²) in [4.78, 5) is 1.24. The van der Waals surface area contributed by atoms with Gasteiger partial charge >= 0.3 is 0 Å². The summed E-state index contributed by atoms with van der Waals surface area (Å²) >= 11 is 7.48. The lowest BCUT2D eigenvalue weighted by Crippen LogP contribution is -2.23. The van der Waals surface area contributed by atoms with Crippen LogP contribution in [0.4, 0.5) is 4.39 Å². The van der Waals surface area contributed by atoms with Crippen LogP contribution in [0.5, 0.6) is 0 Å². The summed E-state index contributed by atoms with van der Waals surface area (Å²) in [5, 5.41) is 5.96. The van der Waals surface area contributed by atoms with Gasteiger partial charge in [0.1, 0.15) is 5.82 Å². The van der Waals surface area contributed by atoms with Crippen LogP contribution in [0.2, 0.25) is 5.02 Å².